The molecule has 2 aromatic rings. The van der Waals surface area contributed by atoms with Gasteiger partial charge in [0.15, 0.2) is 0 Å². The maximum atomic E-state index is 5.63. The molecular formula is C16H15N3O. The first kappa shape index (κ1) is 11.5. The smallest absolute Gasteiger partial charge is 0.242 e. The summed E-state index contributed by atoms with van der Waals surface area (Å²) < 4.78 is 5.63. The Bertz CT molecular complexity index is 629. The minimum Gasteiger partial charge on any atom is -0.472 e. The zero-order valence-electron chi connectivity index (χ0n) is 11.0. The highest BCUT2D eigenvalue weighted by Crippen LogP contribution is 2.35. The lowest BCUT2D eigenvalue weighted by molar-refractivity contribution is 0.359. The molecule has 2 heterocycles. The first-order chi connectivity index (χ1) is 9.92. The summed E-state index contributed by atoms with van der Waals surface area (Å²) in [6.45, 7) is 4.90. The molecule has 2 radical (unpaired) electrons. The van der Waals surface area contributed by atoms with Crippen molar-refractivity contribution in [3.63, 3.8) is 0 Å². The molecule has 0 bridgehead atoms. The van der Waals surface area contributed by atoms with Gasteiger partial charge in [-0.05, 0) is 24.3 Å². The Balaban J connectivity index is 1.64. The third kappa shape index (κ3) is 1.84. The van der Waals surface area contributed by atoms with Crippen LogP contribution in [0.5, 0.6) is 5.75 Å². The molecule has 2 aliphatic rings. The van der Waals surface area contributed by atoms with Gasteiger partial charge in [-0.2, -0.15) is 0 Å². The molecule has 4 rings (SSSR count). The zero-order valence-corrected chi connectivity index (χ0v) is 11.0. The van der Waals surface area contributed by atoms with E-state index in [9.17, 15) is 0 Å². The summed E-state index contributed by atoms with van der Waals surface area (Å²) in [6.07, 6.45) is -0.0758. The molecule has 0 aliphatic carbocycles. The number of nitrogens with zero attached hydrogens (tertiary/aromatic N) is 1. The fraction of sp³-hybridized carbons (Fsp3) is 0.188. The van der Waals surface area contributed by atoms with Crippen LogP contribution in [-0.2, 0) is 0 Å². The molecule has 0 fully saturated rings. The van der Waals surface area contributed by atoms with Crippen LogP contribution < -0.4 is 20.3 Å². The minimum absolute atomic E-state index is 0.0758. The average molecular weight is 265 g/mol. The van der Waals surface area contributed by atoms with Crippen molar-refractivity contribution in [2.24, 2.45) is 0 Å². The normalized spacial score (nSPS) is 20.0. The number of hydrogen-bond acceptors (Lipinski definition) is 4. The van der Waals surface area contributed by atoms with Gasteiger partial charge in [0, 0.05) is 13.1 Å². The summed E-state index contributed by atoms with van der Waals surface area (Å²) in [5.41, 5.74) is 3.33. The Labute approximate surface area is 118 Å². The predicted octanol–water partition coefficient (Wildman–Crippen LogP) is 2.79. The van der Waals surface area contributed by atoms with Crippen LogP contribution in [0, 0.1) is 6.61 Å². The summed E-state index contributed by atoms with van der Waals surface area (Å²) in [7, 11) is 0. The number of rotatable bonds is 1. The fourth-order valence-electron chi connectivity index (χ4n) is 2.69. The molecule has 2 N–H and O–H groups in total. The number of fused-ring (bicyclic) bond motifs is 2. The second kappa shape index (κ2) is 4.63. The number of para-hydroxylation sites is 4. The van der Waals surface area contributed by atoms with E-state index in [-0.39, 0.29) is 6.17 Å². The topological polar surface area (TPSA) is 36.5 Å². The summed E-state index contributed by atoms with van der Waals surface area (Å²) in [4.78, 5) is 2.27. The van der Waals surface area contributed by atoms with E-state index in [0.717, 1.165) is 30.2 Å². The predicted molar refractivity (Wildman–Crippen MR) is 80.0 cm³/mol. The fourth-order valence-corrected chi connectivity index (χ4v) is 2.69. The number of ether oxygens (including phenoxy) is 1. The monoisotopic (exact) mass is 265 g/mol. The number of nitrogens with one attached hydrogen (secondary N) is 2. The summed E-state index contributed by atoms with van der Waals surface area (Å²) in [5.74, 6) is 0.826. The quantitative estimate of drug-likeness (QED) is 0.831. The van der Waals surface area contributed by atoms with E-state index in [2.05, 4.69) is 40.3 Å². The van der Waals surface area contributed by atoms with Crippen LogP contribution in [0.3, 0.4) is 0 Å². The molecule has 0 amide bonds. The van der Waals surface area contributed by atoms with Crippen molar-refractivity contribution >= 4 is 17.1 Å². The van der Waals surface area contributed by atoms with Gasteiger partial charge >= 0.3 is 0 Å². The Kier molecular flexibility index (Phi) is 2.66. The maximum absolute atomic E-state index is 5.63. The van der Waals surface area contributed by atoms with Gasteiger partial charge in [0.25, 0.3) is 0 Å². The van der Waals surface area contributed by atoms with Crippen molar-refractivity contribution < 1.29 is 4.74 Å². The molecule has 20 heavy (non-hydrogen) atoms. The lowest BCUT2D eigenvalue weighted by Gasteiger charge is -2.39. The van der Waals surface area contributed by atoms with E-state index in [1.807, 2.05) is 30.3 Å². The van der Waals surface area contributed by atoms with Gasteiger partial charge in [0.2, 0.25) is 6.61 Å². The number of benzene rings is 2. The Hall–Kier alpha value is -2.36. The minimum atomic E-state index is -0.0758. The van der Waals surface area contributed by atoms with E-state index in [0.29, 0.717) is 0 Å². The third-order valence-electron chi connectivity index (χ3n) is 3.65. The third-order valence-corrected chi connectivity index (χ3v) is 3.65. The van der Waals surface area contributed by atoms with Crippen LogP contribution in [-0.4, -0.2) is 19.3 Å². The molecular weight excluding hydrogens is 250 g/mol. The summed E-state index contributed by atoms with van der Waals surface area (Å²) in [6, 6.07) is 16.2. The number of hydrogen-bond donors (Lipinski definition) is 2. The highest BCUT2D eigenvalue weighted by Gasteiger charge is 2.29. The van der Waals surface area contributed by atoms with E-state index in [4.69, 9.17) is 4.74 Å². The largest absolute Gasteiger partial charge is 0.472 e. The molecule has 0 saturated carbocycles. The SMILES string of the molecule is [C]1Oc2ccccc2NC1N1CCNc2ccccc21. The van der Waals surface area contributed by atoms with Crippen molar-refractivity contribution in [2.45, 2.75) is 6.17 Å². The Morgan fingerprint density at radius 1 is 1.05 bits per heavy atom. The molecule has 4 heteroatoms. The van der Waals surface area contributed by atoms with Crippen LogP contribution in [0.1, 0.15) is 0 Å². The van der Waals surface area contributed by atoms with Gasteiger partial charge in [0.05, 0.1) is 17.1 Å². The second-order valence-corrected chi connectivity index (χ2v) is 4.90. The molecule has 100 valence electrons. The number of anilines is 3. The van der Waals surface area contributed by atoms with Crippen LogP contribution >= 0.6 is 0 Å². The van der Waals surface area contributed by atoms with E-state index < -0.39 is 0 Å². The van der Waals surface area contributed by atoms with E-state index >= 15 is 0 Å². The van der Waals surface area contributed by atoms with Crippen molar-refractivity contribution in [2.75, 3.05) is 28.6 Å². The van der Waals surface area contributed by atoms with Gasteiger partial charge in [-0.3, -0.25) is 0 Å². The standard InChI is InChI=1S/C16H15N3O/c1-3-7-14-12(5-1)17-9-10-19(14)16-11-20-15-8-4-2-6-13(15)18-16/h1-8,16-18H,9-10H2. The van der Waals surface area contributed by atoms with Gasteiger partial charge in [-0.15, -0.1) is 0 Å². The molecule has 4 nitrogen and oxygen atoms in total. The first-order valence-electron chi connectivity index (χ1n) is 6.79. The molecule has 1 unspecified atom stereocenters. The lowest BCUT2D eigenvalue weighted by atomic mass is 10.1. The molecule has 1 atom stereocenters. The molecule has 0 aromatic heterocycles. The van der Waals surface area contributed by atoms with Crippen molar-refractivity contribution in [3.05, 3.63) is 55.1 Å². The highest BCUT2D eigenvalue weighted by molar-refractivity contribution is 5.73. The summed E-state index contributed by atoms with van der Waals surface area (Å²) in [5, 5.41) is 6.88. The Morgan fingerprint density at radius 2 is 1.85 bits per heavy atom. The van der Waals surface area contributed by atoms with Crippen LogP contribution in [0.4, 0.5) is 17.1 Å². The van der Waals surface area contributed by atoms with Gasteiger partial charge in [0.1, 0.15) is 11.9 Å². The van der Waals surface area contributed by atoms with E-state index in [1.54, 1.807) is 0 Å². The Morgan fingerprint density at radius 3 is 2.80 bits per heavy atom. The van der Waals surface area contributed by atoms with Crippen LogP contribution in [0.2, 0.25) is 0 Å². The maximum Gasteiger partial charge on any atom is 0.242 e. The van der Waals surface area contributed by atoms with Gasteiger partial charge < -0.3 is 20.3 Å². The zero-order chi connectivity index (χ0) is 13.4. The molecule has 0 saturated heterocycles. The lowest BCUT2D eigenvalue weighted by Crippen LogP contribution is -2.48. The average Bonchev–Trinajstić information content (AvgIpc) is 2.54. The molecule has 2 aliphatic heterocycles. The highest BCUT2D eigenvalue weighted by atomic mass is 16.5. The summed E-state index contributed by atoms with van der Waals surface area (Å²) >= 11 is 0. The van der Waals surface area contributed by atoms with Crippen molar-refractivity contribution in [1.29, 1.82) is 0 Å². The van der Waals surface area contributed by atoms with Gasteiger partial charge in [-0.25, -0.2) is 0 Å². The second-order valence-electron chi connectivity index (χ2n) is 4.90. The molecule has 0 spiro atoms. The van der Waals surface area contributed by atoms with Crippen LogP contribution in [0.25, 0.3) is 0 Å². The first-order valence-corrected chi connectivity index (χ1v) is 6.79. The van der Waals surface area contributed by atoms with Crippen molar-refractivity contribution in [1.82, 2.24) is 0 Å². The van der Waals surface area contributed by atoms with Crippen molar-refractivity contribution in [3.8, 4) is 5.75 Å². The van der Waals surface area contributed by atoms with Gasteiger partial charge in [-0.1, -0.05) is 24.3 Å². The van der Waals surface area contributed by atoms with Crippen LogP contribution in [0.15, 0.2) is 48.5 Å². The molecule has 2 aromatic carbocycles. The van der Waals surface area contributed by atoms with E-state index in [1.165, 1.54) is 5.69 Å².